The van der Waals surface area contributed by atoms with Gasteiger partial charge in [0.1, 0.15) is 0 Å². The van der Waals surface area contributed by atoms with Gasteiger partial charge >= 0.3 is 0 Å². The smallest absolute Gasteiger partial charge is 0.220 e. The van der Waals surface area contributed by atoms with Crippen molar-refractivity contribution in [3.63, 3.8) is 0 Å². The Morgan fingerprint density at radius 2 is 2.15 bits per heavy atom. The summed E-state index contributed by atoms with van der Waals surface area (Å²) in [5.41, 5.74) is 8.93. The first-order valence-electron chi connectivity index (χ1n) is 6.79. The van der Waals surface area contributed by atoms with Crippen LogP contribution in [-0.2, 0) is 17.6 Å². The average Bonchev–Trinajstić information content (AvgIpc) is 2.90. The Morgan fingerprint density at radius 3 is 2.85 bits per heavy atom. The highest BCUT2D eigenvalue weighted by molar-refractivity contribution is 7.07. The van der Waals surface area contributed by atoms with E-state index in [1.54, 1.807) is 11.3 Å². The maximum absolute atomic E-state index is 11.9. The van der Waals surface area contributed by atoms with E-state index < -0.39 is 0 Å². The van der Waals surface area contributed by atoms with Crippen molar-refractivity contribution in [2.75, 3.05) is 5.73 Å². The summed E-state index contributed by atoms with van der Waals surface area (Å²) in [5, 5.41) is 7.21. The molecule has 2 aromatic rings. The fourth-order valence-corrected chi connectivity index (χ4v) is 2.85. The number of para-hydroxylation sites is 1. The molecule has 2 rings (SSSR count). The second kappa shape index (κ2) is 7.10. The van der Waals surface area contributed by atoms with Gasteiger partial charge in [0.25, 0.3) is 0 Å². The molecule has 0 aliphatic rings. The number of carbonyl (C=O) groups excluding carboxylic acids is 1. The first-order valence-corrected chi connectivity index (χ1v) is 7.73. The van der Waals surface area contributed by atoms with Gasteiger partial charge in [0.2, 0.25) is 5.91 Å². The van der Waals surface area contributed by atoms with E-state index in [9.17, 15) is 4.79 Å². The van der Waals surface area contributed by atoms with Crippen LogP contribution in [0, 0.1) is 0 Å². The molecule has 1 aromatic heterocycles. The highest BCUT2D eigenvalue weighted by atomic mass is 32.1. The summed E-state index contributed by atoms with van der Waals surface area (Å²) in [6.45, 7) is 2.03. The van der Waals surface area contributed by atoms with E-state index in [2.05, 4.69) is 22.1 Å². The van der Waals surface area contributed by atoms with Crippen molar-refractivity contribution in [3.05, 3.63) is 52.2 Å². The molecular formula is C16H20N2OS. The first kappa shape index (κ1) is 14.6. The van der Waals surface area contributed by atoms with Crippen LogP contribution in [0.3, 0.4) is 0 Å². The molecule has 0 spiro atoms. The van der Waals surface area contributed by atoms with Crippen molar-refractivity contribution in [1.29, 1.82) is 0 Å². The highest BCUT2D eigenvalue weighted by Crippen LogP contribution is 2.13. The Balaban J connectivity index is 1.76. The number of hydrogen-bond donors (Lipinski definition) is 2. The van der Waals surface area contributed by atoms with Crippen molar-refractivity contribution in [1.82, 2.24) is 5.32 Å². The Hall–Kier alpha value is -1.81. The summed E-state index contributed by atoms with van der Waals surface area (Å²) >= 11 is 1.68. The van der Waals surface area contributed by atoms with Crippen LogP contribution in [0.2, 0.25) is 0 Å². The number of benzene rings is 1. The number of anilines is 1. The number of nitrogens with one attached hydrogen (secondary N) is 1. The van der Waals surface area contributed by atoms with Gasteiger partial charge in [-0.25, -0.2) is 0 Å². The van der Waals surface area contributed by atoms with Crippen LogP contribution >= 0.6 is 11.3 Å². The summed E-state index contributed by atoms with van der Waals surface area (Å²) < 4.78 is 0. The van der Waals surface area contributed by atoms with Crippen LogP contribution in [0.25, 0.3) is 0 Å². The molecule has 3 N–H and O–H groups in total. The van der Waals surface area contributed by atoms with E-state index in [0.29, 0.717) is 12.8 Å². The number of nitrogen functional groups attached to an aromatic ring is 1. The topological polar surface area (TPSA) is 55.1 Å². The molecule has 0 fully saturated rings. The van der Waals surface area contributed by atoms with E-state index in [0.717, 1.165) is 17.7 Å². The zero-order chi connectivity index (χ0) is 14.4. The zero-order valence-electron chi connectivity index (χ0n) is 11.6. The average molecular weight is 288 g/mol. The van der Waals surface area contributed by atoms with Crippen LogP contribution in [0.5, 0.6) is 0 Å². The van der Waals surface area contributed by atoms with Gasteiger partial charge in [0, 0.05) is 18.2 Å². The number of aryl methyl sites for hydroxylation is 1. The summed E-state index contributed by atoms with van der Waals surface area (Å²) in [7, 11) is 0. The monoisotopic (exact) mass is 288 g/mol. The number of amides is 1. The third-order valence-electron chi connectivity index (χ3n) is 3.21. The molecule has 1 amide bonds. The molecule has 4 heteroatoms. The van der Waals surface area contributed by atoms with Gasteiger partial charge < -0.3 is 11.1 Å². The molecule has 3 nitrogen and oxygen atoms in total. The molecule has 1 aromatic carbocycles. The van der Waals surface area contributed by atoms with Gasteiger partial charge in [-0.1, -0.05) is 18.2 Å². The molecule has 0 aliphatic heterocycles. The number of hydrogen-bond acceptors (Lipinski definition) is 3. The minimum atomic E-state index is 0.0796. The van der Waals surface area contributed by atoms with E-state index in [-0.39, 0.29) is 11.9 Å². The van der Waals surface area contributed by atoms with Gasteiger partial charge in [0.05, 0.1) is 0 Å². The number of nitrogens with two attached hydrogens (primary N) is 1. The molecule has 0 bridgehead atoms. The van der Waals surface area contributed by atoms with E-state index >= 15 is 0 Å². The predicted octanol–water partition coefficient (Wildman–Crippen LogP) is 3.01. The van der Waals surface area contributed by atoms with Gasteiger partial charge in [-0.15, -0.1) is 0 Å². The van der Waals surface area contributed by atoms with Gasteiger partial charge in [-0.2, -0.15) is 11.3 Å². The van der Waals surface area contributed by atoms with Crippen LogP contribution < -0.4 is 11.1 Å². The normalized spacial score (nSPS) is 12.1. The standard InChI is InChI=1S/C16H20N2OS/c1-12(10-13-8-9-20-11-13)18-16(19)7-6-14-4-2-3-5-15(14)17/h2-5,8-9,11-12H,6-7,10,17H2,1H3,(H,18,19). The van der Waals surface area contributed by atoms with Gasteiger partial charge in [-0.3, -0.25) is 4.79 Å². The molecule has 1 unspecified atom stereocenters. The van der Waals surface area contributed by atoms with Crippen LogP contribution in [-0.4, -0.2) is 11.9 Å². The lowest BCUT2D eigenvalue weighted by molar-refractivity contribution is -0.121. The molecular weight excluding hydrogens is 268 g/mol. The Morgan fingerprint density at radius 1 is 1.35 bits per heavy atom. The van der Waals surface area contributed by atoms with E-state index in [1.165, 1.54) is 5.56 Å². The van der Waals surface area contributed by atoms with Crippen molar-refractivity contribution in [2.45, 2.75) is 32.2 Å². The number of rotatable bonds is 6. The first-order chi connectivity index (χ1) is 9.65. The number of carbonyl (C=O) groups is 1. The van der Waals surface area contributed by atoms with Crippen molar-refractivity contribution < 1.29 is 4.79 Å². The fourth-order valence-electron chi connectivity index (χ4n) is 2.17. The zero-order valence-corrected chi connectivity index (χ0v) is 12.5. The SMILES string of the molecule is CC(Cc1ccsc1)NC(=O)CCc1ccccc1N. The van der Waals surface area contributed by atoms with E-state index in [1.807, 2.05) is 31.2 Å². The Kier molecular flexibility index (Phi) is 5.18. The third-order valence-corrected chi connectivity index (χ3v) is 3.94. The van der Waals surface area contributed by atoms with Crippen molar-refractivity contribution in [2.24, 2.45) is 0 Å². The molecule has 20 heavy (non-hydrogen) atoms. The molecule has 106 valence electrons. The predicted molar refractivity (Wildman–Crippen MR) is 84.8 cm³/mol. The molecule has 0 radical (unpaired) electrons. The summed E-state index contributed by atoms with van der Waals surface area (Å²) in [5.74, 6) is 0.0796. The summed E-state index contributed by atoms with van der Waals surface area (Å²) in [6.07, 6.45) is 2.04. The molecule has 1 atom stereocenters. The van der Waals surface area contributed by atoms with Crippen molar-refractivity contribution in [3.8, 4) is 0 Å². The summed E-state index contributed by atoms with van der Waals surface area (Å²) in [4.78, 5) is 11.9. The van der Waals surface area contributed by atoms with Crippen LogP contribution in [0.1, 0.15) is 24.5 Å². The minimum absolute atomic E-state index is 0.0796. The maximum Gasteiger partial charge on any atom is 0.220 e. The highest BCUT2D eigenvalue weighted by Gasteiger charge is 2.09. The third kappa shape index (κ3) is 4.38. The lowest BCUT2D eigenvalue weighted by Gasteiger charge is -2.13. The molecule has 0 aliphatic carbocycles. The van der Waals surface area contributed by atoms with Crippen molar-refractivity contribution >= 4 is 22.9 Å². The summed E-state index contributed by atoms with van der Waals surface area (Å²) in [6, 6.07) is 9.94. The molecule has 0 saturated heterocycles. The van der Waals surface area contributed by atoms with Crippen LogP contribution in [0.4, 0.5) is 5.69 Å². The second-order valence-electron chi connectivity index (χ2n) is 5.00. The lowest BCUT2D eigenvalue weighted by atomic mass is 10.1. The Bertz CT molecular complexity index is 551. The second-order valence-corrected chi connectivity index (χ2v) is 5.78. The lowest BCUT2D eigenvalue weighted by Crippen LogP contribution is -2.34. The van der Waals surface area contributed by atoms with E-state index in [4.69, 9.17) is 5.73 Å². The molecule has 1 heterocycles. The Labute approximate surface area is 123 Å². The number of thiophene rings is 1. The van der Waals surface area contributed by atoms with Gasteiger partial charge in [0.15, 0.2) is 0 Å². The van der Waals surface area contributed by atoms with Crippen LogP contribution in [0.15, 0.2) is 41.1 Å². The molecule has 0 saturated carbocycles. The van der Waals surface area contributed by atoms with Gasteiger partial charge in [-0.05, 0) is 53.8 Å². The minimum Gasteiger partial charge on any atom is -0.399 e. The fraction of sp³-hybridized carbons (Fsp3) is 0.312. The maximum atomic E-state index is 11.9. The quantitative estimate of drug-likeness (QED) is 0.803. The largest absolute Gasteiger partial charge is 0.399 e.